The van der Waals surface area contributed by atoms with Crippen molar-refractivity contribution in [3.8, 4) is 0 Å². The molecule has 138 valence electrons. The van der Waals surface area contributed by atoms with Gasteiger partial charge in [0.1, 0.15) is 0 Å². The SMILES string of the molecule is CCN(CC)c1ccc(NC(=O)c2nn3c(C(F)(F)F)nnc3s2)cc1. The Balaban J connectivity index is 1.78. The number of halogens is 3. The molecule has 3 aromatic rings. The van der Waals surface area contributed by atoms with Crippen molar-refractivity contribution in [3.63, 3.8) is 0 Å². The number of carbonyl (C=O) groups is 1. The van der Waals surface area contributed by atoms with Gasteiger partial charge >= 0.3 is 6.18 Å². The van der Waals surface area contributed by atoms with Crippen LogP contribution in [-0.4, -0.2) is 38.8 Å². The Hall–Kier alpha value is -2.69. The van der Waals surface area contributed by atoms with Crippen LogP contribution in [-0.2, 0) is 6.18 Å². The number of aromatic nitrogens is 4. The summed E-state index contributed by atoms with van der Waals surface area (Å²) in [5.74, 6) is -1.87. The topological polar surface area (TPSA) is 75.4 Å². The zero-order chi connectivity index (χ0) is 18.9. The third-order valence-corrected chi connectivity index (χ3v) is 4.59. The lowest BCUT2D eigenvalue weighted by atomic mass is 10.2. The molecule has 2 heterocycles. The monoisotopic (exact) mass is 384 g/mol. The fourth-order valence-electron chi connectivity index (χ4n) is 2.41. The van der Waals surface area contributed by atoms with Crippen molar-refractivity contribution in [2.45, 2.75) is 20.0 Å². The van der Waals surface area contributed by atoms with Gasteiger partial charge in [-0.15, -0.1) is 15.3 Å². The van der Waals surface area contributed by atoms with Crippen LogP contribution in [0, 0.1) is 0 Å². The van der Waals surface area contributed by atoms with E-state index >= 15 is 0 Å². The molecule has 0 atom stereocenters. The number of rotatable bonds is 5. The molecule has 1 amide bonds. The molecule has 1 N–H and O–H groups in total. The lowest BCUT2D eigenvalue weighted by Crippen LogP contribution is -2.21. The molecule has 0 unspecified atom stereocenters. The maximum Gasteiger partial charge on any atom is 0.453 e. The molecule has 0 fully saturated rings. The molecule has 0 bridgehead atoms. The van der Waals surface area contributed by atoms with Crippen molar-refractivity contribution < 1.29 is 18.0 Å². The Morgan fingerprint density at radius 1 is 1.19 bits per heavy atom. The molecule has 11 heteroatoms. The summed E-state index contributed by atoms with van der Waals surface area (Å²) in [6.45, 7) is 5.80. The fourth-order valence-corrected chi connectivity index (χ4v) is 3.15. The summed E-state index contributed by atoms with van der Waals surface area (Å²) in [7, 11) is 0. The first kappa shape index (κ1) is 18.1. The average Bonchev–Trinajstić information content (AvgIpc) is 3.17. The van der Waals surface area contributed by atoms with Crippen molar-refractivity contribution in [2.24, 2.45) is 0 Å². The number of hydrogen-bond acceptors (Lipinski definition) is 6. The first-order valence-corrected chi connectivity index (χ1v) is 8.61. The lowest BCUT2D eigenvalue weighted by Gasteiger charge is -2.21. The highest BCUT2D eigenvalue weighted by molar-refractivity contribution is 7.18. The van der Waals surface area contributed by atoms with Gasteiger partial charge in [-0.2, -0.15) is 17.7 Å². The molecule has 1 aromatic carbocycles. The van der Waals surface area contributed by atoms with E-state index in [1.165, 1.54) is 0 Å². The molecule has 0 aliphatic rings. The number of carbonyl (C=O) groups excluding carboxylic acids is 1. The van der Waals surface area contributed by atoms with Crippen LogP contribution in [0.2, 0.25) is 0 Å². The van der Waals surface area contributed by atoms with E-state index in [2.05, 4.69) is 25.5 Å². The van der Waals surface area contributed by atoms with E-state index in [0.29, 0.717) is 10.2 Å². The summed E-state index contributed by atoms with van der Waals surface area (Å²) in [4.78, 5) is 14.3. The van der Waals surface area contributed by atoms with Gasteiger partial charge in [-0.25, -0.2) is 0 Å². The van der Waals surface area contributed by atoms with Gasteiger partial charge in [0.05, 0.1) is 0 Å². The Labute approximate surface area is 150 Å². The van der Waals surface area contributed by atoms with E-state index in [0.717, 1.165) is 30.1 Å². The number of amides is 1. The van der Waals surface area contributed by atoms with Crippen LogP contribution < -0.4 is 10.2 Å². The van der Waals surface area contributed by atoms with Crippen molar-refractivity contribution in [1.82, 2.24) is 19.8 Å². The molecule has 7 nitrogen and oxygen atoms in total. The molecule has 2 aromatic heterocycles. The first-order chi connectivity index (χ1) is 12.3. The predicted molar refractivity (Wildman–Crippen MR) is 91.6 cm³/mol. The smallest absolute Gasteiger partial charge is 0.372 e. The van der Waals surface area contributed by atoms with E-state index in [9.17, 15) is 18.0 Å². The van der Waals surface area contributed by atoms with Crippen molar-refractivity contribution in [2.75, 3.05) is 23.3 Å². The zero-order valence-electron chi connectivity index (χ0n) is 13.9. The molecular weight excluding hydrogens is 369 g/mol. The van der Waals surface area contributed by atoms with Crippen LogP contribution in [0.25, 0.3) is 4.96 Å². The van der Waals surface area contributed by atoms with Gasteiger partial charge in [-0.3, -0.25) is 4.79 Å². The van der Waals surface area contributed by atoms with Gasteiger partial charge in [0.25, 0.3) is 11.7 Å². The lowest BCUT2D eigenvalue weighted by molar-refractivity contribution is -0.146. The average molecular weight is 384 g/mol. The fraction of sp³-hybridized carbons (Fsp3) is 0.333. The maximum atomic E-state index is 12.8. The molecular formula is C15H15F3N6OS. The third kappa shape index (κ3) is 3.47. The molecule has 0 radical (unpaired) electrons. The number of nitrogens with one attached hydrogen (secondary N) is 1. The number of fused-ring (bicyclic) bond motifs is 1. The van der Waals surface area contributed by atoms with Crippen LogP contribution in [0.4, 0.5) is 24.5 Å². The minimum absolute atomic E-state index is 0.0978. The summed E-state index contributed by atoms with van der Waals surface area (Å²) in [5, 5.41) is 12.6. The molecule has 0 aliphatic heterocycles. The summed E-state index contributed by atoms with van der Waals surface area (Å²) < 4.78 is 39.0. The minimum atomic E-state index is -4.69. The first-order valence-electron chi connectivity index (χ1n) is 7.79. The third-order valence-electron chi connectivity index (χ3n) is 3.69. The second kappa shape index (κ2) is 6.90. The van der Waals surface area contributed by atoms with Gasteiger partial charge in [0.15, 0.2) is 0 Å². The maximum absolute atomic E-state index is 12.8. The molecule has 3 rings (SSSR count). The Kier molecular flexibility index (Phi) is 4.81. The number of benzene rings is 1. The highest BCUT2D eigenvalue weighted by Gasteiger charge is 2.38. The Morgan fingerprint density at radius 2 is 1.85 bits per heavy atom. The van der Waals surface area contributed by atoms with Crippen molar-refractivity contribution in [1.29, 1.82) is 0 Å². The normalized spacial score (nSPS) is 11.7. The van der Waals surface area contributed by atoms with E-state index in [1.807, 2.05) is 26.0 Å². The van der Waals surface area contributed by atoms with Crippen LogP contribution in [0.3, 0.4) is 0 Å². The molecule has 0 aliphatic carbocycles. The van der Waals surface area contributed by atoms with Crippen LogP contribution in [0.15, 0.2) is 24.3 Å². The predicted octanol–water partition coefficient (Wildman–Crippen LogP) is 3.30. The number of hydrogen-bond donors (Lipinski definition) is 1. The van der Waals surface area contributed by atoms with Gasteiger partial charge in [-0.1, -0.05) is 11.3 Å². The van der Waals surface area contributed by atoms with Gasteiger partial charge in [-0.05, 0) is 38.1 Å². The number of nitrogens with zero attached hydrogens (tertiary/aromatic N) is 5. The van der Waals surface area contributed by atoms with Crippen molar-refractivity contribution >= 4 is 33.6 Å². The van der Waals surface area contributed by atoms with E-state index < -0.39 is 17.9 Å². The van der Waals surface area contributed by atoms with Crippen LogP contribution in [0.1, 0.15) is 29.5 Å². The summed E-state index contributed by atoms with van der Waals surface area (Å²) >= 11 is 0.735. The van der Waals surface area contributed by atoms with E-state index in [4.69, 9.17) is 0 Å². The standard InChI is InChI=1S/C15H15F3N6OS/c1-3-23(4-2)10-7-5-9(6-8-10)19-11(25)12-22-24-13(15(16,17)18)20-21-14(24)26-12/h5-8H,3-4H2,1-2H3,(H,19,25). The molecule has 0 spiro atoms. The van der Waals surface area contributed by atoms with Crippen molar-refractivity contribution in [3.05, 3.63) is 35.1 Å². The Morgan fingerprint density at radius 3 is 2.42 bits per heavy atom. The Bertz CT molecular complexity index is 914. The highest BCUT2D eigenvalue weighted by Crippen LogP contribution is 2.29. The van der Waals surface area contributed by atoms with Crippen LogP contribution >= 0.6 is 11.3 Å². The molecule has 0 saturated carbocycles. The number of alkyl halides is 3. The summed E-state index contributed by atoms with van der Waals surface area (Å²) in [5.41, 5.74) is 1.54. The minimum Gasteiger partial charge on any atom is -0.372 e. The van der Waals surface area contributed by atoms with Crippen LogP contribution in [0.5, 0.6) is 0 Å². The molecule has 0 saturated heterocycles. The van der Waals surface area contributed by atoms with Gasteiger partial charge < -0.3 is 10.2 Å². The van der Waals surface area contributed by atoms with E-state index in [-0.39, 0.29) is 9.97 Å². The van der Waals surface area contributed by atoms with E-state index in [1.54, 1.807) is 12.1 Å². The second-order valence-electron chi connectivity index (χ2n) is 5.30. The molecule has 26 heavy (non-hydrogen) atoms. The number of anilines is 2. The van der Waals surface area contributed by atoms with Gasteiger partial charge in [0.2, 0.25) is 9.97 Å². The summed E-state index contributed by atoms with van der Waals surface area (Å²) in [6, 6.07) is 7.19. The largest absolute Gasteiger partial charge is 0.453 e. The zero-order valence-corrected chi connectivity index (χ0v) is 14.7. The second-order valence-corrected chi connectivity index (χ2v) is 6.25. The summed E-state index contributed by atoms with van der Waals surface area (Å²) in [6.07, 6.45) is -4.69. The highest BCUT2D eigenvalue weighted by atomic mass is 32.1. The quantitative estimate of drug-likeness (QED) is 0.731. The van der Waals surface area contributed by atoms with Gasteiger partial charge in [0, 0.05) is 24.5 Å².